The first-order valence-electron chi connectivity index (χ1n) is 7.17. The Labute approximate surface area is 127 Å². The van der Waals surface area contributed by atoms with Gasteiger partial charge in [0.05, 0.1) is 11.3 Å². The first-order chi connectivity index (χ1) is 9.74. The summed E-state index contributed by atoms with van der Waals surface area (Å²) in [5.41, 5.74) is 2.57. The average molecular weight is 336 g/mol. The Bertz CT molecular complexity index is 530. The van der Waals surface area contributed by atoms with Crippen LogP contribution in [0.1, 0.15) is 37.7 Å². The van der Waals surface area contributed by atoms with Gasteiger partial charge >= 0.3 is 5.97 Å². The van der Waals surface area contributed by atoms with Gasteiger partial charge < -0.3 is 10.1 Å². The van der Waals surface area contributed by atoms with Gasteiger partial charge in [-0.15, -0.1) is 0 Å². The molecule has 0 spiro atoms. The van der Waals surface area contributed by atoms with Crippen LogP contribution >= 0.6 is 15.9 Å². The van der Waals surface area contributed by atoms with Crippen LogP contribution in [0, 0.1) is 0 Å². The van der Waals surface area contributed by atoms with Gasteiger partial charge in [-0.25, -0.2) is 4.79 Å². The fourth-order valence-corrected chi connectivity index (χ4v) is 3.19. The molecule has 0 bridgehead atoms. The van der Waals surface area contributed by atoms with Crippen LogP contribution < -0.4 is 5.32 Å². The van der Waals surface area contributed by atoms with E-state index in [-0.39, 0.29) is 5.97 Å². The summed E-state index contributed by atoms with van der Waals surface area (Å²) in [6, 6.07) is 8.29. The quantitative estimate of drug-likeness (QED) is 0.857. The first kappa shape index (κ1) is 13.7. The van der Waals surface area contributed by atoms with Crippen molar-refractivity contribution in [2.45, 2.75) is 38.1 Å². The Morgan fingerprint density at radius 3 is 2.50 bits per heavy atom. The number of cyclic esters (lactones) is 1. The third-order valence-electron chi connectivity index (χ3n) is 3.97. The highest BCUT2D eigenvalue weighted by molar-refractivity contribution is 9.10. The Morgan fingerprint density at radius 2 is 1.80 bits per heavy atom. The van der Waals surface area contributed by atoms with E-state index >= 15 is 0 Å². The Kier molecular flexibility index (Phi) is 4.10. The molecule has 3 nitrogen and oxygen atoms in total. The number of nitrogens with one attached hydrogen (secondary N) is 1. The monoisotopic (exact) mass is 335 g/mol. The van der Waals surface area contributed by atoms with Crippen molar-refractivity contribution in [1.29, 1.82) is 0 Å². The molecule has 4 heteroatoms. The minimum Gasteiger partial charge on any atom is -0.456 e. The predicted octanol–water partition coefficient (Wildman–Crippen LogP) is 3.64. The number of esters is 1. The molecule has 0 unspecified atom stereocenters. The summed E-state index contributed by atoms with van der Waals surface area (Å²) in [4.78, 5) is 12.0. The number of halogens is 1. The van der Waals surface area contributed by atoms with E-state index in [0.717, 1.165) is 15.7 Å². The van der Waals surface area contributed by atoms with Crippen LogP contribution in [0.2, 0.25) is 0 Å². The first-order valence-corrected chi connectivity index (χ1v) is 7.96. The van der Waals surface area contributed by atoms with Crippen molar-refractivity contribution in [2.24, 2.45) is 0 Å². The minimum atomic E-state index is -0.217. The van der Waals surface area contributed by atoms with Crippen molar-refractivity contribution in [1.82, 2.24) is 5.32 Å². The third kappa shape index (κ3) is 2.90. The second kappa shape index (κ2) is 6.00. The van der Waals surface area contributed by atoms with E-state index in [1.165, 1.54) is 32.1 Å². The Morgan fingerprint density at radius 1 is 1.10 bits per heavy atom. The fraction of sp³-hybridized carbons (Fsp3) is 0.438. The normalized spacial score (nSPS) is 20.1. The van der Waals surface area contributed by atoms with Gasteiger partial charge in [0.15, 0.2) is 0 Å². The summed E-state index contributed by atoms with van der Waals surface area (Å²) in [6.45, 7) is 0.376. The highest BCUT2D eigenvalue weighted by Crippen LogP contribution is 2.28. The zero-order valence-corrected chi connectivity index (χ0v) is 12.9. The van der Waals surface area contributed by atoms with Crippen molar-refractivity contribution in [2.75, 3.05) is 6.61 Å². The lowest BCUT2D eigenvalue weighted by atomic mass is 9.95. The van der Waals surface area contributed by atoms with Gasteiger partial charge in [-0.3, -0.25) is 0 Å². The standard InChI is InChI=1S/C16H18BrNO2/c17-12-8-6-11(7-9-12)15-14(10-20-16(15)19)18-13-4-2-1-3-5-13/h6-9,13,18H,1-5,10H2. The molecule has 0 amide bonds. The Balaban J connectivity index is 1.84. The molecule has 1 aromatic carbocycles. The molecular weight excluding hydrogens is 318 g/mol. The predicted molar refractivity (Wildman–Crippen MR) is 82.0 cm³/mol. The van der Waals surface area contributed by atoms with Gasteiger partial charge in [-0.1, -0.05) is 47.3 Å². The summed E-state index contributed by atoms with van der Waals surface area (Å²) in [5, 5.41) is 3.53. The number of benzene rings is 1. The molecule has 1 aliphatic heterocycles. The molecule has 2 aliphatic rings. The molecule has 1 heterocycles. The second-order valence-electron chi connectivity index (χ2n) is 5.42. The van der Waals surface area contributed by atoms with E-state index in [9.17, 15) is 4.79 Å². The maximum atomic E-state index is 12.0. The molecule has 3 rings (SSSR count). The topological polar surface area (TPSA) is 38.3 Å². The SMILES string of the molecule is O=C1OCC(NC2CCCCC2)=C1c1ccc(Br)cc1. The average Bonchev–Trinajstić information content (AvgIpc) is 2.82. The summed E-state index contributed by atoms with van der Waals surface area (Å²) in [6.07, 6.45) is 6.24. The van der Waals surface area contributed by atoms with Gasteiger partial charge in [0, 0.05) is 10.5 Å². The summed E-state index contributed by atoms with van der Waals surface area (Å²) in [5.74, 6) is -0.217. The van der Waals surface area contributed by atoms with Gasteiger partial charge in [0.25, 0.3) is 0 Å². The fourth-order valence-electron chi connectivity index (χ4n) is 2.92. The van der Waals surface area contributed by atoms with Gasteiger partial charge in [-0.05, 0) is 30.5 Å². The molecule has 1 fully saturated rings. The van der Waals surface area contributed by atoms with Crippen molar-refractivity contribution in [3.8, 4) is 0 Å². The molecule has 0 radical (unpaired) electrons. The maximum Gasteiger partial charge on any atom is 0.341 e. The van der Waals surface area contributed by atoms with Crippen molar-refractivity contribution in [3.05, 3.63) is 40.0 Å². The van der Waals surface area contributed by atoms with Crippen LogP contribution in [-0.2, 0) is 9.53 Å². The highest BCUT2D eigenvalue weighted by atomic mass is 79.9. The summed E-state index contributed by atoms with van der Waals surface area (Å²) < 4.78 is 6.23. The van der Waals surface area contributed by atoms with Crippen LogP contribution in [0.25, 0.3) is 5.57 Å². The smallest absolute Gasteiger partial charge is 0.341 e. The van der Waals surface area contributed by atoms with E-state index < -0.39 is 0 Å². The number of rotatable bonds is 3. The van der Waals surface area contributed by atoms with E-state index in [1.54, 1.807) is 0 Å². The lowest BCUT2D eigenvalue weighted by molar-refractivity contribution is -0.134. The number of hydrogen-bond acceptors (Lipinski definition) is 3. The van der Waals surface area contributed by atoms with Gasteiger partial charge in [-0.2, -0.15) is 0 Å². The van der Waals surface area contributed by atoms with Crippen LogP contribution in [0.3, 0.4) is 0 Å². The van der Waals surface area contributed by atoms with E-state index in [4.69, 9.17) is 4.74 Å². The van der Waals surface area contributed by atoms with E-state index in [0.29, 0.717) is 18.2 Å². The lowest BCUT2D eigenvalue weighted by Crippen LogP contribution is -2.31. The molecular formula is C16H18BrNO2. The zero-order valence-electron chi connectivity index (χ0n) is 11.3. The number of carbonyl (C=O) groups excluding carboxylic acids is 1. The van der Waals surface area contributed by atoms with Crippen LogP contribution in [-0.4, -0.2) is 18.6 Å². The van der Waals surface area contributed by atoms with Crippen LogP contribution in [0.4, 0.5) is 0 Å². The molecule has 106 valence electrons. The molecule has 0 saturated heterocycles. The van der Waals surface area contributed by atoms with Crippen LogP contribution in [0.5, 0.6) is 0 Å². The van der Waals surface area contributed by atoms with Crippen LogP contribution in [0.15, 0.2) is 34.4 Å². The maximum absolute atomic E-state index is 12.0. The molecule has 20 heavy (non-hydrogen) atoms. The lowest BCUT2D eigenvalue weighted by Gasteiger charge is -2.24. The third-order valence-corrected chi connectivity index (χ3v) is 4.50. The molecule has 1 aromatic rings. The van der Waals surface area contributed by atoms with Gasteiger partial charge in [0.1, 0.15) is 6.61 Å². The second-order valence-corrected chi connectivity index (χ2v) is 6.33. The van der Waals surface area contributed by atoms with E-state index in [2.05, 4.69) is 21.2 Å². The van der Waals surface area contributed by atoms with Gasteiger partial charge in [0.2, 0.25) is 0 Å². The highest BCUT2D eigenvalue weighted by Gasteiger charge is 2.28. The molecule has 1 N–H and O–H groups in total. The molecule has 1 saturated carbocycles. The summed E-state index contributed by atoms with van der Waals surface area (Å²) in [7, 11) is 0. The summed E-state index contributed by atoms with van der Waals surface area (Å²) >= 11 is 3.42. The molecule has 0 atom stereocenters. The number of carbonyl (C=O) groups is 1. The van der Waals surface area contributed by atoms with Crippen molar-refractivity contribution in [3.63, 3.8) is 0 Å². The van der Waals surface area contributed by atoms with Crippen molar-refractivity contribution >= 4 is 27.5 Å². The largest absolute Gasteiger partial charge is 0.456 e. The van der Waals surface area contributed by atoms with Crippen molar-refractivity contribution < 1.29 is 9.53 Å². The Hall–Kier alpha value is -1.29. The minimum absolute atomic E-state index is 0.217. The zero-order chi connectivity index (χ0) is 13.9. The van der Waals surface area contributed by atoms with E-state index in [1.807, 2.05) is 24.3 Å². The number of ether oxygens (including phenoxy) is 1. The molecule has 0 aromatic heterocycles. The molecule has 1 aliphatic carbocycles. The number of hydrogen-bond donors (Lipinski definition) is 1.